The van der Waals surface area contributed by atoms with Gasteiger partial charge in [0.2, 0.25) is 11.8 Å². The number of piperidine rings is 4. The standard InChI is InChI=1S/C38H47BrFN7O3/c1-44-23-28(19-29(24-44)42-32-21-41-45(2)37(50)35(32)39)26-5-3-25(4-6-26)22-46-15-11-38(12-16-46)13-17-47(18-14-38)33-9-7-27(20-31(33)40)30-8-10-34(48)43-36(30)49/h3-7,9,20-21,28-30,42H,8,10-19,22-24H2,1-2H3,(H,43,48,49). The van der Waals surface area contributed by atoms with Crippen LogP contribution >= 0.6 is 15.9 Å². The number of likely N-dealkylation sites (tertiary alicyclic amines) is 2. The molecule has 2 aromatic carbocycles. The van der Waals surface area contributed by atoms with Gasteiger partial charge in [-0.3, -0.25) is 24.6 Å². The lowest BCUT2D eigenvalue weighted by Crippen LogP contribution is -2.46. The van der Waals surface area contributed by atoms with Crippen LogP contribution < -0.4 is 21.1 Å². The molecule has 2 amide bonds. The predicted octanol–water partition coefficient (Wildman–Crippen LogP) is 4.98. The molecule has 0 aliphatic carbocycles. The van der Waals surface area contributed by atoms with Crippen molar-refractivity contribution < 1.29 is 14.0 Å². The lowest BCUT2D eigenvalue weighted by atomic mass is 9.71. The van der Waals surface area contributed by atoms with Crippen molar-refractivity contribution in [2.24, 2.45) is 12.5 Å². The third-order valence-electron chi connectivity index (χ3n) is 11.6. The fourth-order valence-corrected chi connectivity index (χ4v) is 9.04. The number of aromatic nitrogens is 2. The number of hydrogen-bond acceptors (Lipinski definition) is 8. The van der Waals surface area contributed by atoms with E-state index < -0.39 is 5.92 Å². The van der Waals surface area contributed by atoms with Crippen LogP contribution in [0.25, 0.3) is 0 Å². The molecule has 0 radical (unpaired) electrons. The number of anilines is 2. The average Bonchev–Trinajstić information content (AvgIpc) is 3.10. The van der Waals surface area contributed by atoms with Gasteiger partial charge in [-0.2, -0.15) is 5.10 Å². The maximum atomic E-state index is 15.3. The van der Waals surface area contributed by atoms with Crippen LogP contribution in [0, 0.1) is 11.2 Å². The highest BCUT2D eigenvalue weighted by atomic mass is 79.9. The van der Waals surface area contributed by atoms with Crippen LogP contribution in [-0.2, 0) is 23.2 Å². The summed E-state index contributed by atoms with van der Waals surface area (Å²) < 4.78 is 17.2. The van der Waals surface area contributed by atoms with Crippen LogP contribution in [0.4, 0.5) is 15.8 Å². The minimum absolute atomic E-state index is 0.148. The van der Waals surface area contributed by atoms with Crippen LogP contribution in [-0.4, -0.2) is 83.8 Å². The Balaban J connectivity index is 0.890. The van der Waals surface area contributed by atoms with Crippen molar-refractivity contribution in [2.75, 3.05) is 56.5 Å². The summed E-state index contributed by atoms with van der Waals surface area (Å²) in [6, 6.07) is 14.5. The number of likely N-dealkylation sites (N-methyl/N-ethyl adjacent to an activating group) is 1. The summed E-state index contributed by atoms with van der Waals surface area (Å²) >= 11 is 3.45. The Morgan fingerprint density at radius 3 is 2.36 bits per heavy atom. The highest BCUT2D eigenvalue weighted by Gasteiger charge is 2.38. The number of nitrogens with zero attached hydrogens (tertiary/aromatic N) is 5. The first-order valence-electron chi connectivity index (χ1n) is 17.9. The van der Waals surface area contributed by atoms with Crippen molar-refractivity contribution in [2.45, 2.75) is 69.4 Å². The summed E-state index contributed by atoms with van der Waals surface area (Å²) in [7, 11) is 3.80. The molecule has 3 aromatic rings. The number of imide groups is 1. The van der Waals surface area contributed by atoms with Crippen molar-refractivity contribution in [3.05, 3.63) is 86.0 Å². The molecule has 0 bridgehead atoms. The lowest BCUT2D eigenvalue weighted by molar-refractivity contribution is -0.134. The molecule has 3 unspecified atom stereocenters. The molecule has 50 heavy (non-hydrogen) atoms. The van der Waals surface area contributed by atoms with Crippen LogP contribution in [0.3, 0.4) is 0 Å². The number of benzene rings is 2. The van der Waals surface area contributed by atoms with Crippen LogP contribution in [0.2, 0.25) is 0 Å². The lowest BCUT2D eigenvalue weighted by Gasteiger charge is -2.47. The molecule has 12 heteroatoms. The van der Waals surface area contributed by atoms with E-state index in [-0.39, 0.29) is 35.7 Å². The largest absolute Gasteiger partial charge is 0.379 e. The van der Waals surface area contributed by atoms with E-state index in [9.17, 15) is 14.4 Å². The van der Waals surface area contributed by atoms with E-state index in [1.807, 2.05) is 12.1 Å². The van der Waals surface area contributed by atoms with Crippen LogP contribution in [0.1, 0.15) is 73.5 Å². The molecule has 0 saturated carbocycles. The zero-order chi connectivity index (χ0) is 35.0. The molecular weight excluding hydrogens is 701 g/mol. The van der Waals surface area contributed by atoms with Gasteiger partial charge in [0.25, 0.3) is 5.56 Å². The quantitative estimate of drug-likeness (QED) is 0.327. The topological polar surface area (TPSA) is 103 Å². The van der Waals surface area contributed by atoms with Gasteiger partial charge in [-0.25, -0.2) is 9.07 Å². The fraction of sp³-hybridized carbons (Fsp3) is 0.526. The summed E-state index contributed by atoms with van der Waals surface area (Å²) in [6.45, 7) is 6.67. The Hall–Kier alpha value is -3.61. The number of rotatable bonds is 7. The molecule has 4 aliphatic rings. The van der Waals surface area contributed by atoms with E-state index in [1.54, 1.807) is 13.2 Å². The third-order valence-corrected chi connectivity index (χ3v) is 12.4. The average molecular weight is 749 g/mol. The zero-order valence-electron chi connectivity index (χ0n) is 29.0. The van der Waals surface area contributed by atoms with Gasteiger partial charge in [-0.15, -0.1) is 0 Å². The number of aryl methyl sites for hydroxylation is 1. The molecule has 4 saturated heterocycles. The minimum atomic E-state index is -0.473. The van der Waals surface area contributed by atoms with E-state index in [4.69, 9.17) is 0 Å². The Morgan fingerprint density at radius 1 is 0.960 bits per heavy atom. The predicted molar refractivity (Wildman–Crippen MR) is 196 cm³/mol. The van der Waals surface area contributed by atoms with Gasteiger partial charge < -0.3 is 15.1 Å². The van der Waals surface area contributed by atoms with Crippen molar-refractivity contribution in [3.8, 4) is 0 Å². The second-order valence-corrected chi connectivity index (χ2v) is 15.8. The van der Waals surface area contributed by atoms with Crippen molar-refractivity contribution >= 4 is 39.1 Å². The summed E-state index contributed by atoms with van der Waals surface area (Å²) in [4.78, 5) is 43.2. The molecule has 3 atom stereocenters. The maximum absolute atomic E-state index is 15.3. The summed E-state index contributed by atoms with van der Waals surface area (Å²) in [6.07, 6.45) is 7.85. The van der Waals surface area contributed by atoms with Crippen LogP contribution in [0.15, 0.2) is 57.9 Å². The smallest absolute Gasteiger partial charge is 0.282 e. The molecule has 2 N–H and O–H groups in total. The summed E-state index contributed by atoms with van der Waals surface area (Å²) in [5, 5.41) is 10.1. The van der Waals surface area contributed by atoms with E-state index in [1.165, 1.54) is 21.9 Å². The normalized spacial score (nSPS) is 24.7. The first-order chi connectivity index (χ1) is 24.1. The number of nitrogens with one attached hydrogen (secondary N) is 2. The molecule has 4 fully saturated rings. The minimum Gasteiger partial charge on any atom is -0.379 e. The Kier molecular flexibility index (Phi) is 10.1. The van der Waals surface area contributed by atoms with Gasteiger partial charge in [0.05, 0.1) is 23.5 Å². The highest BCUT2D eigenvalue weighted by molar-refractivity contribution is 9.10. The monoisotopic (exact) mass is 747 g/mol. The molecule has 4 aliphatic heterocycles. The first-order valence-corrected chi connectivity index (χ1v) is 18.7. The summed E-state index contributed by atoms with van der Waals surface area (Å²) in [5.41, 5.74) is 4.84. The number of carbonyl (C=O) groups is 2. The van der Waals surface area contributed by atoms with Crippen LogP contribution in [0.5, 0.6) is 0 Å². The molecule has 1 aromatic heterocycles. The third kappa shape index (κ3) is 7.52. The Bertz CT molecular complexity index is 1780. The van der Waals surface area contributed by atoms with Gasteiger partial charge in [0.1, 0.15) is 10.3 Å². The van der Waals surface area contributed by atoms with E-state index in [0.29, 0.717) is 33.5 Å². The molecule has 266 valence electrons. The molecule has 10 nitrogen and oxygen atoms in total. The van der Waals surface area contributed by atoms with E-state index in [2.05, 4.69) is 77.7 Å². The van der Waals surface area contributed by atoms with Gasteiger partial charge in [0.15, 0.2) is 0 Å². The molecular formula is C38H47BrFN7O3. The second-order valence-electron chi connectivity index (χ2n) is 15.0. The molecule has 1 spiro atoms. The second kappa shape index (κ2) is 14.6. The van der Waals surface area contributed by atoms with Crippen molar-refractivity contribution in [3.63, 3.8) is 0 Å². The van der Waals surface area contributed by atoms with Crippen molar-refractivity contribution in [1.82, 2.24) is 24.9 Å². The van der Waals surface area contributed by atoms with E-state index >= 15 is 4.39 Å². The zero-order valence-corrected chi connectivity index (χ0v) is 30.6. The summed E-state index contributed by atoms with van der Waals surface area (Å²) in [5.74, 6) is -0.958. The van der Waals surface area contributed by atoms with Gasteiger partial charge in [-0.05, 0) is 115 Å². The maximum Gasteiger partial charge on any atom is 0.282 e. The molecule has 5 heterocycles. The molecule has 7 rings (SSSR count). The Morgan fingerprint density at radius 2 is 1.66 bits per heavy atom. The van der Waals surface area contributed by atoms with Gasteiger partial charge >= 0.3 is 0 Å². The number of halogens is 2. The number of hydrogen-bond donors (Lipinski definition) is 2. The van der Waals surface area contributed by atoms with Gasteiger partial charge in [-0.1, -0.05) is 30.3 Å². The number of carbonyl (C=O) groups excluding carboxylic acids is 2. The first kappa shape index (κ1) is 34.8. The fourth-order valence-electron chi connectivity index (χ4n) is 8.57. The number of amides is 2. The van der Waals surface area contributed by atoms with Crippen molar-refractivity contribution in [1.29, 1.82) is 0 Å². The van der Waals surface area contributed by atoms with Gasteiger partial charge in [0, 0.05) is 52.2 Å². The Labute approximate surface area is 301 Å². The van der Waals surface area contributed by atoms with E-state index in [0.717, 1.165) is 83.6 Å². The SMILES string of the molecule is CN1CC(Nc2cnn(C)c(=O)c2Br)CC(c2ccc(CN3CCC4(CC3)CCN(c3ccc(C5CCC(=O)NC5=O)cc3F)CC4)cc2)C1. The highest BCUT2D eigenvalue weighted by Crippen LogP contribution is 2.43.